The third-order valence-electron chi connectivity index (χ3n) is 5.50. The molecule has 0 amide bonds. The molecule has 0 saturated carbocycles. The molecular weight excluding hydrogens is 416 g/mol. The van der Waals surface area contributed by atoms with Gasteiger partial charge in [0.2, 0.25) is 11.6 Å². The molecule has 1 N–H and O–H groups in total. The number of aryl methyl sites for hydroxylation is 1. The minimum Gasteiger partial charge on any atom is -0.291 e. The van der Waals surface area contributed by atoms with Gasteiger partial charge in [0, 0.05) is 36.4 Å². The third kappa shape index (κ3) is 5.36. The molecular formula is C24H28N8O. The lowest BCUT2D eigenvalue weighted by atomic mass is 10.0. The molecule has 9 nitrogen and oxygen atoms in total. The number of unbranched alkanes of at least 4 members (excludes halogenated alkanes) is 2. The first-order chi connectivity index (χ1) is 16.2. The van der Waals surface area contributed by atoms with Gasteiger partial charge in [-0.15, -0.1) is 10.2 Å². The maximum Gasteiger partial charge on any atom is 0.217 e. The van der Waals surface area contributed by atoms with E-state index in [4.69, 9.17) is 0 Å². The molecule has 4 aromatic rings. The SMILES string of the molecule is CCCCCc1nc(C(=O)CCC)nn1Cc1ccc(-c2cnccc2-c2nnn[nH]2)cc1. The molecule has 9 heteroatoms. The molecule has 0 fully saturated rings. The number of ketones is 1. The number of carbonyl (C=O) groups is 1. The Morgan fingerprint density at radius 2 is 1.88 bits per heavy atom. The predicted molar refractivity (Wildman–Crippen MR) is 124 cm³/mol. The second-order valence-electron chi connectivity index (χ2n) is 8.01. The van der Waals surface area contributed by atoms with Gasteiger partial charge in [0.25, 0.3) is 0 Å². The zero-order chi connectivity index (χ0) is 23.0. The lowest BCUT2D eigenvalue weighted by molar-refractivity contribution is 0.0971. The monoisotopic (exact) mass is 444 g/mol. The van der Waals surface area contributed by atoms with E-state index < -0.39 is 0 Å². The number of Topliss-reactive ketones (excluding diaryl/α,β-unsaturated/α-hetero) is 1. The van der Waals surface area contributed by atoms with Crippen molar-refractivity contribution in [3.63, 3.8) is 0 Å². The second kappa shape index (κ2) is 10.7. The van der Waals surface area contributed by atoms with E-state index in [9.17, 15) is 4.79 Å². The molecule has 0 aliphatic carbocycles. The Balaban J connectivity index is 1.56. The molecule has 3 heterocycles. The van der Waals surface area contributed by atoms with Gasteiger partial charge in [0.15, 0.2) is 5.82 Å². The van der Waals surface area contributed by atoms with Crippen LogP contribution in [0.4, 0.5) is 0 Å². The second-order valence-corrected chi connectivity index (χ2v) is 8.01. The number of carbonyl (C=O) groups excluding carboxylic acids is 1. The fraction of sp³-hybridized carbons (Fsp3) is 0.375. The van der Waals surface area contributed by atoms with Gasteiger partial charge >= 0.3 is 0 Å². The largest absolute Gasteiger partial charge is 0.291 e. The van der Waals surface area contributed by atoms with Crippen molar-refractivity contribution < 1.29 is 4.79 Å². The Labute approximate surface area is 192 Å². The lowest BCUT2D eigenvalue weighted by Crippen LogP contribution is -2.08. The molecule has 0 bridgehead atoms. The first kappa shape index (κ1) is 22.4. The molecule has 0 aliphatic heterocycles. The average Bonchev–Trinajstić information content (AvgIpc) is 3.51. The quantitative estimate of drug-likeness (QED) is 0.271. The fourth-order valence-electron chi connectivity index (χ4n) is 3.74. The number of nitrogens with zero attached hydrogens (tertiary/aromatic N) is 7. The van der Waals surface area contributed by atoms with E-state index in [0.29, 0.717) is 24.6 Å². The molecule has 0 atom stereocenters. The zero-order valence-corrected chi connectivity index (χ0v) is 19.0. The van der Waals surface area contributed by atoms with Crippen LogP contribution in [0.15, 0.2) is 42.7 Å². The summed E-state index contributed by atoms with van der Waals surface area (Å²) >= 11 is 0. The van der Waals surface area contributed by atoms with Crippen LogP contribution >= 0.6 is 0 Å². The third-order valence-corrected chi connectivity index (χ3v) is 5.50. The van der Waals surface area contributed by atoms with E-state index in [1.807, 2.05) is 23.9 Å². The number of nitrogens with one attached hydrogen (secondary N) is 1. The first-order valence-corrected chi connectivity index (χ1v) is 11.4. The topological polar surface area (TPSA) is 115 Å². The maximum atomic E-state index is 12.4. The Hall–Kier alpha value is -3.75. The Kier molecular flexibility index (Phi) is 7.29. The predicted octanol–water partition coefficient (Wildman–Crippen LogP) is 4.28. The number of hydrogen-bond donors (Lipinski definition) is 1. The molecule has 33 heavy (non-hydrogen) atoms. The van der Waals surface area contributed by atoms with E-state index in [1.54, 1.807) is 6.20 Å². The summed E-state index contributed by atoms with van der Waals surface area (Å²) in [6, 6.07) is 10.1. The van der Waals surface area contributed by atoms with Crippen LogP contribution in [-0.2, 0) is 13.0 Å². The summed E-state index contributed by atoms with van der Waals surface area (Å²) in [6.45, 7) is 4.74. The van der Waals surface area contributed by atoms with Crippen LogP contribution in [0.25, 0.3) is 22.5 Å². The van der Waals surface area contributed by atoms with Crippen LogP contribution in [0.3, 0.4) is 0 Å². The van der Waals surface area contributed by atoms with Crippen LogP contribution in [-0.4, -0.2) is 46.2 Å². The molecule has 0 aliphatic rings. The zero-order valence-electron chi connectivity index (χ0n) is 19.0. The molecule has 0 spiro atoms. The number of aromatic amines is 1. The number of aromatic nitrogens is 8. The molecule has 0 unspecified atom stereocenters. The summed E-state index contributed by atoms with van der Waals surface area (Å²) in [5, 5.41) is 18.7. The smallest absolute Gasteiger partial charge is 0.217 e. The van der Waals surface area contributed by atoms with Crippen molar-refractivity contribution in [2.45, 2.75) is 58.9 Å². The average molecular weight is 445 g/mol. The van der Waals surface area contributed by atoms with Gasteiger partial charge in [-0.05, 0) is 40.5 Å². The fourth-order valence-corrected chi connectivity index (χ4v) is 3.74. The maximum absolute atomic E-state index is 12.4. The van der Waals surface area contributed by atoms with Crippen LogP contribution in [0, 0.1) is 0 Å². The van der Waals surface area contributed by atoms with Crippen molar-refractivity contribution in [1.29, 1.82) is 0 Å². The molecule has 0 saturated heterocycles. The van der Waals surface area contributed by atoms with Crippen LogP contribution in [0.5, 0.6) is 0 Å². The van der Waals surface area contributed by atoms with Gasteiger partial charge < -0.3 is 0 Å². The summed E-state index contributed by atoms with van der Waals surface area (Å²) in [7, 11) is 0. The van der Waals surface area contributed by atoms with E-state index >= 15 is 0 Å². The summed E-state index contributed by atoms with van der Waals surface area (Å²) in [6.07, 6.45) is 8.92. The first-order valence-electron chi connectivity index (χ1n) is 11.4. The van der Waals surface area contributed by atoms with E-state index in [2.05, 4.69) is 66.9 Å². The van der Waals surface area contributed by atoms with Gasteiger partial charge in [0.05, 0.1) is 6.54 Å². The highest BCUT2D eigenvalue weighted by molar-refractivity contribution is 5.92. The van der Waals surface area contributed by atoms with Crippen molar-refractivity contribution in [2.75, 3.05) is 0 Å². The molecule has 1 aromatic carbocycles. The van der Waals surface area contributed by atoms with E-state index in [-0.39, 0.29) is 5.78 Å². The highest BCUT2D eigenvalue weighted by Crippen LogP contribution is 2.29. The molecule has 4 rings (SSSR count). The van der Waals surface area contributed by atoms with Crippen LogP contribution < -0.4 is 0 Å². The summed E-state index contributed by atoms with van der Waals surface area (Å²) in [5.41, 5.74) is 3.92. The van der Waals surface area contributed by atoms with Crippen LogP contribution in [0.2, 0.25) is 0 Å². The Morgan fingerprint density at radius 1 is 1.03 bits per heavy atom. The molecule has 0 radical (unpaired) electrons. The normalized spacial score (nSPS) is 11.1. The van der Waals surface area contributed by atoms with Crippen LogP contribution in [0.1, 0.15) is 68.0 Å². The van der Waals surface area contributed by atoms with Crippen molar-refractivity contribution in [3.8, 4) is 22.5 Å². The van der Waals surface area contributed by atoms with Crippen molar-refractivity contribution >= 4 is 5.78 Å². The highest BCUT2D eigenvalue weighted by Gasteiger charge is 2.16. The number of hydrogen-bond acceptors (Lipinski definition) is 7. The summed E-state index contributed by atoms with van der Waals surface area (Å²) in [4.78, 5) is 21.2. The van der Waals surface area contributed by atoms with Crippen molar-refractivity contribution in [1.82, 2.24) is 40.4 Å². The van der Waals surface area contributed by atoms with Gasteiger partial charge in [-0.1, -0.05) is 51.0 Å². The van der Waals surface area contributed by atoms with Gasteiger partial charge in [0.1, 0.15) is 5.82 Å². The van der Waals surface area contributed by atoms with Crippen molar-refractivity contribution in [3.05, 3.63) is 59.9 Å². The number of pyridine rings is 1. The summed E-state index contributed by atoms with van der Waals surface area (Å²) in [5.74, 6) is 1.81. The minimum atomic E-state index is 0.00866. The minimum absolute atomic E-state index is 0.00866. The Morgan fingerprint density at radius 3 is 2.61 bits per heavy atom. The van der Waals surface area contributed by atoms with E-state index in [0.717, 1.165) is 60.2 Å². The number of rotatable bonds is 11. The lowest BCUT2D eigenvalue weighted by Gasteiger charge is -2.09. The Bertz CT molecular complexity index is 1180. The molecule has 170 valence electrons. The highest BCUT2D eigenvalue weighted by atomic mass is 16.1. The van der Waals surface area contributed by atoms with Gasteiger partial charge in [-0.25, -0.2) is 14.8 Å². The number of benzene rings is 1. The summed E-state index contributed by atoms with van der Waals surface area (Å²) < 4.78 is 1.88. The van der Waals surface area contributed by atoms with E-state index in [1.165, 1.54) is 0 Å². The number of H-pyrrole nitrogens is 1. The number of tetrazole rings is 1. The standard InChI is InChI=1S/C24H28N8O/c1-3-5-6-8-22-26-24(21(33)7-4-2)29-32(22)16-17-9-11-18(12-10-17)20-15-25-14-13-19(20)23-27-30-31-28-23/h9-15H,3-8,16H2,1-2H3,(H,27,28,30,31). The van der Waals surface area contributed by atoms with Crippen molar-refractivity contribution in [2.24, 2.45) is 0 Å². The van der Waals surface area contributed by atoms with Gasteiger partial charge in [-0.2, -0.15) is 0 Å². The van der Waals surface area contributed by atoms with Gasteiger partial charge in [-0.3, -0.25) is 9.78 Å². The molecule has 3 aromatic heterocycles.